The van der Waals surface area contributed by atoms with E-state index in [4.69, 9.17) is 9.47 Å². The third kappa shape index (κ3) is 6.59. The maximum absolute atomic E-state index is 12.2. The summed E-state index contributed by atoms with van der Waals surface area (Å²) in [5.41, 5.74) is 0.732. The van der Waals surface area contributed by atoms with Crippen molar-refractivity contribution in [3.63, 3.8) is 0 Å². The number of carbonyl (C=O) groups excluding carboxylic acids is 3. The predicted octanol–water partition coefficient (Wildman–Crippen LogP) is 2.35. The van der Waals surface area contributed by atoms with Gasteiger partial charge >= 0.3 is 5.97 Å². The van der Waals surface area contributed by atoms with E-state index in [1.54, 1.807) is 24.3 Å². The number of hydrogen-bond acceptors (Lipinski definition) is 7. The molecule has 0 aliphatic rings. The number of nitrogens with one attached hydrogen (secondary N) is 2. The molecule has 30 heavy (non-hydrogen) atoms. The zero-order valence-electron chi connectivity index (χ0n) is 16.4. The van der Waals surface area contributed by atoms with Gasteiger partial charge in [0.25, 0.3) is 11.6 Å². The first-order chi connectivity index (χ1) is 14.3. The Labute approximate surface area is 172 Å². The Bertz CT molecular complexity index is 931. The molecule has 2 aromatic rings. The molecule has 0 spiro atoms. The van der Waals surface area contributed by atoms with E-state index in [2.05, 4.69) is 10.6 Å². The fourth-order valence-corrected chi connectivity index (χ4v) is 2.64. The molecule has 2 aromatic carbocycles. The summed E-state index contributed by atoms with van der Waals surface area (Å²) in [4.78, 5) is 45.9. The van der Waals surface area contributed by atoms with Crippen molar-refractivity contribution in [2.24, 2.45) is 0 Å². The highest BCUT2D eigenvalue weighted by Crippen LogP contribution is 2.28. The molecular weight excluding hydrogens is 394 g/mol. The van der Waals surface area contributed by atoms with Gasteiger partial charge < -0.3 is 20.1 Å². The van der Waals surface area contributed by atoms with E-state index in [-0.39, 0.29) is 29.5 Å². The SMILES string of the molecule is COc1cc([N+](=O)[O-])ccc1NC(=O)COC(=O)CC(NC(C)=O)c1ccccc1. The number of methoxy groups -OCH3 is 1. The molecule has 0 aliphatic carbocycles. The summed E-state index contributed by atoms with van der Waals surface area (Å²) in [5.74, 6) is -1.53. The summed E-state index contributed by atoms with van der Waals surface area (Å²) in [6, 6.07) is 12.0. The maximum atomic E-state index is 12.2. The Morgan fingerprint density at radius 1 is 1.13 bits per heavy atom. The smallest absolute Gasteiger partial charge is 0.308 e. The van der Waals surface area contributed by atoms with Crippen molar-refractivity contribution in [2.45, 2.75) is 19.4 Å². The second kappa shape index (κ2) is 10.6. The molecule has 1 unspecified atom stereocenters. The molecule has 10 nitrogen and oxygen atoms in total. The van der Waals surface area contributed by atoms with E-state index < -0.39 is 29.4 Å². The van der Waals surface area contributed by atoms with Crippen molar-refractivity contribution in [1.29, 1.82) is 0 Å². The summed E-state index contributed by atoms with van der Waals surface area (Å²) >= 11 is 0. The van der Waals surface area contributed by atoms with Gasteiger partial charge in [0.15, 0.2) is 6.61 Å². The number of amides is 2. The van der Waals surface area contributed by atoms with Gasteiger partial charge in [-0.3, -0.25) is 24.5 Å². The summed E-state index contributed by atoms with van der Waals surface area (Å²) in [6.07, 6.45) is -0.155. The number of carbonyl (C=O) groups is 3. The first kappa shape index (κ1) is 22.3. The standard InChI is InChI=1S/C20H21N3O7/c1-13(24)21-17(14-6-4-3-5-7-14)11-20(26)30-12-19(25)22-16-9-8-15(23(27)28)10-18(16)29-2/h3-10,17H,11-12H2,1-2H3,(H,21,24)(H,22,25). The van der Waals surface area contributed by atoms with Gasteiger partial charge in [-0.15, -0.1) is 0 Å². The van der Waals surface area contributed by atoms with E-state index in [0.717, 1.165) is 5.56 Å². The van der Waals surface area contributed by atoms with Crippen molar-refractivity contribution in [2.75, 3.05) is 19.0 Å². The lowest BCUT2D eigenvalue weighted by Crippen LogP contribution is -2.29. The van der Waals surface area contributed by atoms with Crippen LogP contribution in [-0.2, 0) is 19.1 Å². The zero-order chi connectivity index (χ0) is 22.1. The highest BCUT2D eigenvalue weighted by atomic mass is 16.6. The van der Waals surface area contributed by atoms with Gasteiger partial charge in [-0.2, -0.15) is 0 Å². The lowest BCUT2D eigenvalue weighted by molar-refractivity contribution is -0.384. The van der Waals surface area contributed by atoms with Crippen LogP contribution < -0.4 is 15.4 Å². The summed E-state index contributed by atoms with van der Waals surface area (Å²) in [6.45, 7) is 0.771. The maximum Gasteiger partial charge on any atom is 0.308 e. The largest absolute Gasteiger partial charge is 0.494 e. The van der Waals surface area contributed by atoms with E-state index >= 15 is 0 Å². The zero-order valence-corrected chi connectivity index (χ0v) is 16.4. The van der Waals surface area contributed by atoms with Crippen molar-refractivity contribution in [3.05, 3.63) is 64.2 Å². The Morgan fingerprint density at radius 2 is 1.83 bits per heavy atom. The molecule has 0 saturated carbocycles. The minimum Gasteiger partial charge on any atom is -0.494 e. The van der Waals surface area contributed by atoms with Gasteiger partial charge in [-0.25, -0.2) is 0 Å². The van der Waals surface area contributed by atoms with Crippen LogP contribution in [0.2, 0.25) is 0 Å². The number of nitro groups is 1. The van der Waals surface area contributed by atoms with Gasteiger partial charge in [0, 0.05) is 13.0 Å². The lowest BCUT2D eigenvalue weighted by Gasteiger charge is -2.17. The van der Waals surface area contributed by atoms with Crippen molar-refractivity contribution >= 4 is 29.2 Å². The van der Waals surface area contributed by atoms with Gasteiger partial charge in [0.2, 0.25) is 5.91 Å². The van der Waals surface area contributed by atoms with Crippen molar-refractivity contribution in [3.8, 4) is 5.75 Å². The number of rotatable bonds is 9. The average Bonchev–Trinajstić information content (AvgIpc) is 2.72. The minimum absolute atomic E-state index is 0.0960. The van der Waals surface area contributed by atoms with Gasteiger partial charge in [0.1, 0.15) is 5.75 Å². The molecule has 2 amide bonds. The quantitative estimate of drug-likeness (QED) is 0.364. The van der Waals surface area contributed by atoms with Crippen LogP contribution >= 0.6 is 0 Å². The number of benzene rings is 2. The monoisotopic (exact) mass is 415 g/mol. The Morgan fingerprint density at radius 3 is 2.43 bits per heavy atom. The summed E-state index contributed by atoms with van der Waals surface area (Å²) in [7, 11) is 1.31. The Kier molecular flexibility index (Phi) is 7.86. The van der Waals surface area contributed by atoms with Crippen LogP contribution in [-0.4, -0.2) is 36.4 Å². The normalized spacial score (nSPS) is 11.1. The molecule has 158 valence electrons. The average molecular weight is 415 g/mol. The first-order valence-corrected chi connectivity index (χ1v) is 8.90. The predicted molar refractivity (Wildman–Crippen MR) is 107 cm³/mol. The molecule has 0 heterocycles. The Balaban J connectivity index is 1.94. The third-order valence-corrected chi connectivity index (χ3v) is 3.98. The van der Waals surface area contributed by atoms with Crippen LogP contribution in [0.3, 0.4) is 0 Å². The fourth-order valence-electron chi connectivity index (χ4n) is 2.64. The highest BCUT2D eigenvalue weighted by Gasteiger charge is 2.19. The molecule has 2 rings (SSSR count). The van der Waals surface area contributed by atoms with Crippen LogP contribution in [0, 0.1) is 10.1 Å². The first-order valence-electron chi connectivity index (χ1n) is 8.90. The van der Waals surface area contributed by atoms with Crippen LogP contribution in [0.5, 0.6) is 5.75 Å². The summed E-state index contributed by atoms with van der Waals surface area (Å²) < 4.78 is 10.0. The second-order valence-corrected chi connectivity index (χ2v) is 6.22. The molecule has 0 aromatic heterocycles. The van der Waals surface area contributed by atoms with Crippen LogP contribution in [0.1, 0.15) is 24.9 Å². The number of ether oxygens (including phenoxy) is 2. The molecule has 10 heteroatoms. The van der Waals surface area contributed by atoms with E-state index in [0.29, 0.717) is 0 Å². The number of anilines is 1. The van der Waals surface area contributed by atoms with E-state index in [9.17, 15) is 24.5 Å². The van der Waals surface area contributed by atoms with Crippen LogP contribution in [0.4, 0.5) is 11.4 Å². The summed E-state index contributed by atoms with van der Waals surface area (Å²) in [5, 5.41) is 16.0. The lowest BCUT2D eigenvalue weighted by atomic mass is 10.0. The molecule has 0 bridgehead atoms. The number of esters is 1. The number of non-ortho nitro benzene ring substituents is 1. The molecule has 1 atom stereocenters. The molecular formula is C20H21N3O7. The number of nitrogens with zero attached hydrogens (tertiary/aromatic N) is 1. The van der Waals surface area contributed by atoms with Gasteiger partial charge in [-0.05, 0) is 11.6 Å². The molecule has 2 N–H and O–H groups in total. The van der Waals surface area contributed by atoms with Crippen LogP contribution in [0.15, 0.2) is 48.5 Å². The second-order valence-electron chi connectivity index (χ2n) is 6.22. The fraction of sp³-hybridized carbons (Fsp3) is 0.250. The minimum atomic E-state index is -0.677. The van der Waals surface area contributed by atoms with Gasteiger partial charge in [-0.1, -0.05) is 30.3 Å². The third-order valence-electron chi connectivity index (χ3n) is 3.98. The van der Waals surface area contributed by atoms with Crippen molar-refractivity contribution < 1.29 is 28.8 Å². The molecule has 0 saturated heterocycles. The van der Waals surface area contributed by atoms with E-state index in [1.807, 2.05) is 6.07 Å². The van der Waals surface area contributed by atoms with Crippen LogP contribution in [0.25, 0.3) is 0 Å². The highest BCUT2D eigenvalue weighted by molar-refractivity contribution is 5.94. The van der Waals surface area contributed by atoms with E-state index in [1.165, 1.54) is 32.2 Å². The molecule has 0 radical (unpaired) electrons. The number of hydrogen-bond donors (Lipinski definition) is 2. The van der Waals surface area contributed by atoms with Gasteiger partial charge in [0.05, 0.1) is 36.2 Å². The van der Waals surface area contributed by atoms with Crippen molar-refractivity contribution in [1.82, 2.24) is 5.32 Å². The molecule has 0 aliphatic heterocycles. The number of nitro benzene ring substituents is 1. The molecule has 0 fully saturated rings. The Hall–Kier alpha value is -3.95. The topological polar surface area (TPSA) is 137 Å².